The molecular weight excluding hydrogens is 900 g/mol. The maximum Gasteiger partial charge on any atom is 0.213 e. The molecule has 9 rings (SSSR count). The zero-order valence-corrected chi connectivity index (χ0v) is 40.8. The van der Waals surface area contributed by atoms with Crippen molar-refractivity contribution in [3.8, 4) is 22.5 Å². The Balaban J connectivity index is 1.30. The summed E-state index contributed by atoms with van der Waals surface area (Å²) in [6.07, 6.45) is 3.21. The van der Waals surface area contributed by atoms with Crippen LogP contribution in [0.3, 0.4) is 0 Å². The quantitative estimate of drug-likeness (QED) is 0.114. The lowest BCUT2D eigenvalue weighted by molar-refractivity contribution is 0.866. The minimum absolute atomic E-state index is 0.240. The van der Waals surface area contributed by atoms with Crippen molar-refractivity contribution in [1.82, 2.24) is 24.7 Å². The standard InChI is InChI=1S/C52H46Cl2N10S2/c1-8-32-21-29(5)22-33(9-2)46(32)59-49-45(60-61-50-39(28-55)47(36-15-13-12-14-16-36)62-64(50)52-57-41-27-38(54)18-20-43(41)66-52)31(7)25-44(58-49)63(48-34(10-3)23-30(6)24-35(48)11-4)51-56-40-26-37(53)17-19-42(40)65-51/h12-27H,8-11H2,1-7H3,(H,58,59)/b61-60+. The molecule has 5 aromatic carbocycles. The van der Waals surface area contributed by atoms with Crippen LogP contribution >= 0.6 is 45.9 Å². The van der Waals surface area contributed by atoms with Crippen molar-refractivity contribution in [3.63, 3.8) is 0 Å². The van der Waals surface area contributed by atoms with Crippen LogP contribution in [0.25, 0.3) is 36.8 Å². The third-order valence-electron chi connectivity index (χ3n) is 11.6. The molecule has 4 aromatic heterocycles. The smallest absolute Gasteiger partial charge is 0.213 e. The summed E-state index contributed by atoms with van der Waals surface area (Å²) in [5, 5.41) is 32.1. The highest BCUT2D eigenvalue weighted by Gasteiger charge is 2.27. The van der Waals surface area contributed by atoms with Gasteiger partial charge < -0.3 is 5.32 Å². The Labute approximate surface area is 402 Å². The van der Waals surface area contributed by atoms with Crippen molar-refractivity contribution in [2.45, 2.75) is 74.1 Å². The lowest BCUT2D eigenvalue weighted by Crippen LogP contribution is -2.17. The second-order valence-electron chi connectivity index (χ2n) is 16.1. The van der Waals surface area contributed by atoms with Crippen LogP contribution in [-0.4, -0.2) is 24.7 Å². The van der Waals surface area contributed by atoms with E-state index >= 15 is 0 Å². The van der Waals surface area contributed by atoms with E-state index in [-0.39, 0.29) is 11.4 Å². The van der Waals surface area contributed by atoms with Crippen LogP contribution in [0, 0.1) is 32.1 Å². The van der Waals surface area contributed by atoms with Crippen LogP contribution in [0.5, 0.6) is 0 Å². The van der Waals surface area contributed by atoms with Crippen LogP contribution < -0.4 is 10.2 Å². The molecule has 330 valence electrons. The summed E-state index contributed by atoms with van der Waals surface area (Å²) in [5.41, 5.74) is 13.4. The van der Waals surface area contributed by atoms with E-state index in [0.717, 1.165) is 79.4 Å². The van der Waals surface area contributed by atoms with E-state index in [1.165, 1.54) is 33.6 Å². The van der Waals surface area contributed by atoms with Crippen LogP contribution in [0.2, 0.25) is 10.0 Å². The van der Waals surface area contributed by atoms with Crippen LogP contribution in [-0.2, 0) is 25.7 Å². The molecule has 1 N–H and O–H groups in total. The summed E-state index contributed by atoms with van der Waals surface area (Å²) < 4.78 is 3.53. The molecule has 0 aliphatic heterocycles. The second-order valence-corrected chi connectivity index (χ2v) is 19.0. The van der Waals surface area contributed by atoms with Crippen molar-refractivity contribution in [2.24, 2.45) is 10.2 Å². The first-order valence-corrected chi connectivity index (χ1v) is 24.4. The fourth-order valence-corrected chi connectivity index (χ4v) is 10.6. The lowest BCUT2D eigenvalue weighted by Gasteiger charge is -2.28. The van der Waals surface area contributed by atoms with Crippen LogP contribution in [0.1, 0.15) is 72.2 Å². The number of pyridine rings is 1. The van der Waals surface area contributed by atoms with E-state index < -0.39 is 0 Å². The zero-order chi connectivity index (χ0) is 46.2. The van der Waals surface area contributed by atoms with Gasteiger partial charge in [0.05, 0.1) is 26.1 Å². The van der Waals surface area contributed by atoms with E-state index in [4.69, 9.17) is 53.5 Å². The van der Waals surface area contributed by atoms with Gasteiger partial charge in [-0.3, -0.25) is 4.90 Å². The average Bonchev–Trinajstić information content (AvgIpc) is 4.04. The van der Waals surface area contributed by atoms with Crippen molar-refractivity contribution in [3.05, 3.63) is 152 Å². The van der Waals surface area contributed by atoms with Gasteiger partial charge in [-0.2, -0.15) is 15.0 Å². The molecular formula is C52H46Cl2N10S2. The molecule has 0 radical (unpaired) electrons. The summed E-state index contributed by atoms with van der Waals surface area (Å²) in [4.78, 5) is 17.8. The second kappa shape index (κ2) is 18.8. The number of nitrogens with zero attached hydrogens (tertiary/aromatic N) is 9. The molecule has 66 heavy (non-hydrogen) atoms. The van der Waals surface area contributed by atoms with Crippen LogP contribution in [0.4, 0.5) is 39.6 Å². The Morgan fingerprint density at radius 2 is 1.29 bits per heavy atom. The molecule has 0 aliphatic rings. The number of nitriles is 1. The molecule has 0 saturated carbocycles. The Hall–Kier alpha value is -6.49. The summed E-state index contributed by atoms with van der Waals surface area (Å²) in [6.45, 7) is 15.0. The molecule has 4 heterocycles. The van der Waals surface area contributed by atoms with E-state index in [1.807, 2.05) is 79.7 Å². The molecule has 0 aliphatic carbocycles. The molecule has 9 aromatic rings. The first-order valence-electron chi connectivity index (χ1n) is 22.0. The highest BCUT2D eigenvalue weighted by molar-refractivity contribution is 7.22. The van der Waals surface area contributed by atoms with Gasteiger partial charge in [0.25, 0.3) is 0 Å². The number of fused-ring (bicyclic) bond motifs is 2. The van der Waals surface area contributed by atoms with Crippen LogP contribution in [0.15, 0.2) is 107 Å². The van der Waals surface area contributed by atoms with Crippen molar-refractivity contribution < 1.29 is 0 Å². The van der Waals surface area contributed by atoms with Crippen molar-refractivity contribution in [1.29, 1.82) is 5.26 Å². The van der Waals surface area contributed by atoms with Gasteiger partial charge >= 0.3 is 0 Å². The number of benzene rings is 5. The van der Waals surface area contributed by atoms with E-state index in [1.54, 1.807) is 16.0 Å². The van der Waals surface area contributed by atoms with Gasteiger partial charge in [-0.15, -0.1) is 10.2 Å². The van der Waals surface area contributed by atoms with Gasteiger partial charge in [0.15, 0.2) is 16.8 Å². The highest BCUT2D eigenvalue weighted by Crippen LogP contribution is 2.46. The Morgan fingerprint density at radius 3 is 1.89 bits per heavy atom. The third-order valence-corrected chi connectivity index (χ3v) is 14.1. The monoisotopic (exact) mass is 944 g/mol. The first kappa shape index (κ1) is 44.7. The van der Waals surface area contributed by atoms with Crippen molar-refractivity contribution >= 4 is 106 Å². The summed E-state index contributed by atoms with van der Waals surface area (Å²) in [7, 11) is 0. The van der Waals surface area contributed by atoms with E-state index in [2.05, 4.69) is 82.1 Å². The SMILES string of the molecule is CCc1cc(C)cc(CC)c1Nc1nc(N(c2nc3cc(Cl)ccc3s2)c2c(CC)cc(C)cc2CC)cc(C)c1/N=N/c1c(C#N)c(-c2ccccc2)nn1-c1nc2cc(Cl)ccc2s1. The van der Waals surface area contributed by atoms with Crippen molar-refractivity contribution in [2.75, 3.05) is 10.2 Å². The van der Waals surface area contributed by atoms with Gasteiger partial charge in [0, 0.05) is 21.3 Å². The number of nitrogens with one attached hydrogen (secondary N) is 1. The number of hydrogen-bond donors (Lipinski definition) is 1. The predicted octanol–water partition coefficient (Wildman–Crippen LogP) is 16.1. The fourth-order valence-electron chi connectivity index (χ4n) is 8.42. The Bertz CT molecular complexity index is 3330. The van der Waals surface area contributed by atoms with Gasteiger partial charge in [0.1, 0.15) is 28.8 Å². The number of azo groups is 1. The lowest BCUT2D eigenvalue weighted by atomic mass is 9.98. The number of hydrogen-bond acceptors (Lipinski definition) is 11. The first-order chi connectivity index (χ1) is 32.0. The molecule has 14 heteroatoms. The van der Waals surface area contributed by atoms with Gasteiger partial charge in [-0.05, 0) is 117 Å². The largest absolute Gasteiger partial charge is 0.338 e. The topological polar surface area (TPSA) is 120 Å². The fraction of sp³-hybridized carbons (Fsp3) is 0.212. The minimum Gasteiger partial charge on any atom is -0.338 e. The van der Waals surface area contributed by atoms with Gasteiger partial charge in [0.2, 0.25) is 5.13 Å². The maximum absolute atomic E-state index is 10.8. The Kier molecular flexibility index (Phi) is 12.7. The molecule has 0 bridgehead atoms. The Morgan fingerprint density at radius 1 is 0.697 bits per heavy atom. The number of rotatable bonds is 13. The summed E-state index contributed by atoms with van der Waals surface area (Å²) >= 11 is 15.9. The minimum atomic E-state index is 0.240. The number of aromatic nitrogens is 5. The summed E-state index contributed by atoms with van der Waals surface area (Å²) in [6, 6.07) is 34.4. The molecule has 0 amide bonds. The average molecular weight is 946 g/mol. The predicted molar refractivity (Wildman–Crippen MR) is 275 cm³/mol. The van der Waals surface area contributed by atoms with Gasteiger partial charge in [-0.1, -0.05) is 139 Å². The number of anilines is 5. The highest BCUT2D eigenvalue weighted by atomic mass is 35.5. The zero-order valence-electron chi connectivity index (χ0n) is 37.7. The maximum atomic E-state index is 10.8. The molecule has 10 nitrogen and oxygen atoms in total. The normalized spacial score (nSPS) is 11.6. The number of aryl methyl sites for hydroxylation is 7. The third kappa shape index (κ3) is 8.56. The van der Waals surface area contributed by atoms with E-state index in [9.17, 15) is 5.26 Å². The molecule has 0 atom stereocenters. The van der Waals surface area contributed by atoms with E-state index in [0.29, 0.717) is 43.7 Å². The number of halogens is 2. The van der Waals surface area contributed by atoms with Gasteiger partial charge in [-0.25, -0.2) is 15.0 Å². The molecule has 0 spiro atoms. The molecule has 0 saturated heterocycles. The molecule has 0 fully saturated rings. The summed E-state index contributed by atoms with van der Waals surface area (Å²) in [5.74, 6) is 1.41. The molecule has 0 unspecified atom stereocenters. The number of thiazole rings is 2.